The Labute approximate surface area is 203 Å². The van der Waals surface area contributed by atoms with E-state index in [4.69, 9.17) is 22.3 Å². The van der Waals surface area contributed by atoms with Gasteiger partial charge in [0.05, 0.1) is 12.1 Å². The van der Waals surface area contributed by atoms with Crippen LogP contribution in [-0.4, -0.2) is 39.5 Å². The van der Waals surface area contributed by atoms with E-state index in [0.29, 0.717) is 23.9 Å². The number of nitrogens with one attached hydrogen (secondary N) is 1. The van der Waals surface area contributed by atoms with Gasteiger partial charge in [0, 0.05) is 27.6 Å². The minimum atomic E-state index is -0.444. The quantitative estimate of drug-likeness (QED) is 0.462. The molecule has 9 heteroatoms. The van der Waals surface area contributed by atoms with Gasteiger partial charge in [0.2, 0.25) is 5.91 Å². The van der Waals surface area contributed by atoms with E-state index in [-0.39, 0.29) is 12.3 Å². The molecule has 0 saturated heterocycles. The normalized spacial score (nSPS) is 14.9. The fourth-order valence-electron chi connectivity index (χ4n) is 4.05. The lowest BCUT2D eigenvalue weighted by Gasteiger charge is -2.13. The number of hydrogen-bond donors (Lipinski definition) is 2. The molecule has 0 bridgehead atoms. The number of aromatic nitrogens is 3. The molecule has 33 heavy (non-hydrogen) atoms. The first-order valence-corrected chi connectivity index (χ1v) is 12.4. The second-order valence-electron chi connectivity index (χ2n) is 8.31. The van der Waals surface area contributed by atoms with Gasteiger partial charge in [0.25, 0.3) is 0 Å². The number of fused-ring (bicyclic) bond motifs is 3. The number of unbranched alkanes of at least 4 members (excludes halogenated alkanes) is 2. The van der Waals surface area contributed by atoms with E-state index in [1.165, 1.54) is 10.4 Å². The fraction of sp³-hybridized carbons (Fsp3) is 0.417. The maximum atomic E-state index is 12.8. The predicted molar refractivity (Wildman–Crippen MR) is 134 cm³/mol. The van der Waals surface area contributed by atoms with Gasteiger partial charge >= 0.3 is 0 Å². The molecule has 0 saturated carbocycles. The first-order chi connectivity index (χ1) is 15.9. The summed E-state index contributed by atoms with van der Waals surface area (Å²) < 4.78 is 2.06. The number of rotatable bonds is 8. The fourth-order valence-corrected chi connectivity index (χ4v) is 5.39. The van der Waals surface area contributed by atoms with Crippen LogP contribution in [0.1, 0.15) is 64.9 Å². The molecule has 7 nitrogen and oxygen atoms in total. The van der Waals surface area contributed by atoms with E-state index >= 15 is 0 Å². The van der Waals surface area contributed by atoms with Crippen LogP contribution >= 0.6 is 22.9 Å². The number of nitrogens with zero attached hydrogens (tertiary/aromatic N) is 4. The summed E-state index contributed by atoms with van der Waals surface area (Å²) >= 11 is 7.85. The third-order valence-corrected chi connectivity index (χ3v) is 7.38. The minimum absolute atomic E-state index is 0.0442. The zero-order valence-corrected chi connectivity index (χ0v) is 20.8. The molecule has 1 unspecified atom stereocenters. The van der Waals surface area contributed by atoms with Gasteiger partial charge in [-0.15, -0.1) is 21.5 Å². The van der Waals surface area contributed by atoms with E-state index < -0.39 is 6.04 Å². The molecular formula is C24H29ClN6OS. The third kappa shape index (κ3) is 4.88. The Morgan fingerprint density at radius 2 is 1.91 bits per heavy atom. The number of carbonyl (C=O) groups is 1. The Morgan fingerprint density at radius 3 is 2.64 bits per heavy atom. The van der Waals surface area contributed by atoms with Crippen molar-refractivity contribution in [1.82, 2.24) is 20.1 Å². The second kappa shape index (κ2) is 10.2. The highest BCUT2D eigenvalue weighted by molar-refractivity contribution is 7.15. The number of benzene rings is 1. The maximum absolute atomic E-state index is 12.8. The maximum Gasteiger partial charge on any atom is 0.222 e. The number of nitrogens with two attached hydrogens (primary N) is 1. The number of halogens is 1. The summed E-state index contributed by atoms with van der Waals surface area (Å²) in [6, 6.07) is 7.25. The first kappa shape index (κ1) is 23.6. The van der Waals surface area contributed by atoms with Crippen molar-refractivity contribution < 1.29 is 4.79 Å². The van der Waals surface area contributed by atoms with Gasteiger partial charge in [-0.3, -0.25) is 14.4 Å². The molecule has 174 valence electrons. The molecule has 1 amide bonds. The summed E-state index contributed by atoms with van der Waals surface area (Å²) in [5.74, 6) is 1.43. The Bertz CT molecular complexity index is 1180. The average Bonchev–Trinajstić information content (AvgIpc) is 3.26. The molecule has 1 aromatic carbocycles. The molecule has 0 aliphatic carbocycles. The van der Waals surface area contributed by atoms with Crippen LogP contribution in [-0.2, 0) is 4.79 Å². The summed E-state index contributed by atoms with van der Waals surface area (Å²) in [7, 11) is 0. The Balaban J connectivity index is 1.73. The van der Waals surface area contributed by atoms with Crippen molar-refractivity contribution in [3.8, 4) is 5.00 Å². The molecule has 4 rings (SSSR count). The van der Waals surface area contributed by atoms with Crippen molar-refractivity contribution in [3.63, 3.8) is 0 Å². The third-order valence-electron chi connectivity index (χ3n) is 5.94. The first-order valence-electron chi connectivity index (χ1n) is 11.2. The molecule has 1 aliphatic heterocycles. The van der Waals surface area contributed by atoms with Crippen LogP contribution in [0.4, 0.5) is 0 Å². The summed E-state index contributed by atoms with van der Waals surface area (Å²) in [6.07, 6.45) is 3.10. The van der Waals surface area contributed by atoms with Crippen LogP contribution in [0, 0.1) is 20.8 Å². The van der Waals surface area contributed by atoms with E-state index in [1.807, 2.05) is 31.2 Å². The molecule has 0 spiro atoms. The van der Waals surface area contributed by atoms with Crippen LogP contribution in [0.5, 0.6) is 0 Å². The summed E-state index contributed by atoms with van der Waals surface area (Å²) in [5, 5.41) is 13.5. The minimum Gasteiger partial charge on any atom is -0.356 e. The Morgan fingerprint density at radius 1 is 1.15 bits per heavy atom. The van der Waals surface area contributed by atoms with Gasteiger partial charge in [-0.1, -0.05) is 30.2 Å². The SMILES string of the molecule is Cc1sc2c(c1C)C(c1ccc(Cl)cc1)=NC(CC(=O)NCCCCCN)c1nnc(C)n1-2. The van der Waals surface area contributed by atoms with E-state index in [2.05, 4.69) is 33.9 Å². The highest BCUT2D eigenvalue weighted by Gasteiger charge is 2.32. The zero-order chi connectivity index (χ0) is 23.5. The van der Waals surface area contributed by atoms with Crippen molar-refractivity contribution in [2.45, 2.75) is 52.5 Å². The van der Waals surface area contributed by atoms with Crippen LogP contribution in [0.2, 0.25) is 5.02 Å². The zero-order valence-electron chi connectivity index (χ0n) is 19.2. The van der Waals surface area contributed by atoms with Crippen LogP contribution in [0.25, 0.3) is 5.00 Å². The highest BCUT2D eigenvalue weighted by Crippen LogP contribution is 2.39. The van der Waals surface area contributed by atoms with Gasteiger partial charge in [-0.25, -0.2) is 0 Å². The van der Waals surface area contributed by atoms with Gasteiger partial charge in [0.1, 0.15) is 16.9 Å². The molecule has 1 aliphatic rings. The van der Waals surface area contributed by atoms with Crippen LogP contribution in [0.3, 0.4) is 0 Å². The van der Waals surface area contributed by atoms with E-state index in [0.717, 1.165) is 46.9 Å². The van der Waals surface area contributed by atoms with Gasteiger partial charge in [0.15, 0.2) is 5.82 Å². The molecule has 1 atom stereocenters. The lowest BCUT2D eigenvalue weighted by Crippen LogP contribution is -2.26. The van der Waals surface area contributed by atoms with Crippen molar-refractivity contribution in [1.29, 1.82) is 0 Å². The highest BCUT2D eigenvalue weighted by atomic mass is 35.5. The summed E-state index contributed by atoms with van der Waals surface area (Å²) in [5.41, 5.74) is 9.61. The largest absolute Gasteiger partial charge is 0.356 e. The van der Waals surface area contributed by atoms with E-state index in [9.17, 15) is 4.79 Å². The van der Waals surface area contributed by atoms with Crippen molar-refractivity contribution in [2.24, 2.45) is 10.7 Å². The number of carbonyl (C=O) groups excluding carboxylic acids is 1. The molecule has 0 radical (unpaired) electrons. The van der Waals surface area contributed by atoms with Gasteiger partial charge in [-0.05, 0) is 57.9 Å². The Kier molecular flexibility index (Phi) is 7.26. The number of amides is 1. The standard InChI is InChI=1S/C24H29ClN6OS/c1-14-15(2)33-24-21(14)22(17-7-9-18(25)10-8-17)28-19(23-30-29-16(3)31(23)24)13-20(32)27-12-6-4-5-11-26/h7-10,19H,4-6,11-13,26H2,1-3H3,(H,27,32). The summed E-state index contributed by atoms with van der Waals surface area (Å²) in [6.45, 7) is 7.48. The summed E-state index contributed by atoms with van der Waals surface area (Å²) in [4.78, 5) is 19.2. The molecule has 3 heterocycles. The van der Waals surface area contributed by atoms with Crippen LogP contribution in [0.15, 0.2) is 29.3 Å². The van der Waals surface area contributed by atoms with Crippen LogP contribution < -0.4 is 11.1 Å². The second-order valence-corrected chi connectivity index (χ2v) is 9.95. The average molecular weight is 485 g/mol. The topological polar surface area (TPSA) is 98.2 Å². The molecule has 3 aromatic rings. The smallest absolute Gasteiger partial charge is 0.222 e. The van der Waals surface area contributed by atoms with Gasteiger partial charge in [-0.2, -0.15) is 0 Å². The lowest BCUT2D eigenvalue weighted by molar-refractivity contribution is -0.121. The molecule has 0 fully saturated rings. The number of aryl methyl sites for hydroxylation is 2. The van der Waals surface area contributed by atoms with Crippen molar-refractivity contribution in [2.75, 3.05) is 13.1 Å². The molecule has 3 N–H and O–H groups in total. The predicted octanol–water partition coefficient (Wildman–Crippen LogP) is 4.43. The van der Waals surface area contributed by atoms with E-state index in [1.54, 1.807) is 11.3 Å². The van der Waals surface area contributed by atoms with Crippen molar-refractivity contribution >= 4 is 34.6 Å². The number of aliphatic imine (C=N–C) groups is 1. The molecule has 2 aromatic heterocycles. The number of thiophene rings is 1. The monoisotopic (exact) mass is 484 g/mol. The molecular weight excluding hydrogens is 456 g/mol. The van der Waals surface area contributed by atoms with Gasteiger partial charge < -0.3 is 11.1 Å². The van der Waals surface area contributed by atoms with Crippen molar-refractivity contribution in [3.05, 3.63) is 62.5 Å². The Hall–Kier alpha value is -2.55. The number of hydrogen-bond acceptors (Lipinski definition) is 6. The lowest BCUT2D eigenvalue weighted by atomic mass is 9.99.